The highest BCUT2D eigenvalue weighted by Gasteiger charge is 2.14. The molecule has 2 atom stereocenters. The molecule has 0 saturated heterocycles. The van der Waals surface area contributed by atoms with Crippen molar-refractivity contribution in [1.29, 1.82) is 0 Å². The summed E-state index contributed by atoms with van der Waals surface area (Å²) in [5.74, 6) is -1.58. The summed E-state index contributed by atoms with van der Waals surface area (Å²) >= 11 is 0. The van der Waals surface area contributed by atoms with Crippen molar-refractivity contribution in [3.8, 4) is 0 Å². The van der Waals surface area contributed by atoms with Crippen molar-refractivity contribution in [3.05, 3.63) is 5.43 Å². The molecule has 0 aliphatic rings. The lowest BCUT2D eigenvalue weighted by Crippen LogP contribution is -2.31. The molecule has 20 heavy (non-hydrogen) atoms. The zero-order chi connectivity index (χ0) is 15.4. The highest BCUT2D eigenvalue weighted by molar-refractivity contribution is 6.38. The number of aldehydes is 1. The number of carbonyl (C=O) groups excluding carboxylic acids is 3. The van der Waals surface area contributed by atoms with Gasteiger partial charge in [0.05, 0.1) is 12.7 Å². The molecule has 0 aromatic rings. The third-order valence-electron chi connectivity index (χ3n) is 2.56. The third kappa shape index (κ3) is 8.83. The van der Waals surface area contributed by atoms with Gasteiger partial charge in [-0.15, -0.1) is 0 Å². The van der Waals surface area contributed by atoms with E-state index in [4.69, 9.17) is 15.9 Å². The minimum absolute atomic E-state index is 0.405. The molecule has 0 aromatic carbocycles. The molecule has 0 amide bonds. The lowest BCUT2D eigenvalue weighted by atomic mass is 10.1. The summed E-state index contributed by atoms with van der Waals surface area (Å²) in [4.78, 5) is 33.3. The molecule has 116 valence electrons. The average Bonchev–Trinajstić information content (AvgIpc) is 2.45. The number of aliphatic hydroxyl groups excluding tert-OH is 2. The molecule has 0 heterocycles. The van der Waals surface area contributed by atoms with Crippen LogP contribution in [0.4, 0.5) is 0 Å². The molecule has 0 saturated carbocycles. The average molecular weight is 288 g/mol. The molecule has 0 aromatic heterocycles. The van der Waals surface area contributed by atoms with E-state index >= 15 is 0 Å². The van der Waals surface area contributed by atoms with E-state index in [9.17, 15) is 14.4 Å². The highest BCUT2D eigenvalue weighted by atomic mass is 16.3. The lowest BCUT2D eigenvalue weighted by molar-refractivity contribution is -0.137. The van der Waals surface area contributed by atoms with Crippen LogP contribution in [0, 0.1) is 0 Å². The van der Waals surface area contributed by atoms with E-state index in [2.05, 4.69) is 10.9 Å². The molecular weight excluding hydrogens is 266 g/mol. The van der Waals surface area contributed by atoms with Crippen LogP contribution in [0.1, 0.15) is 25.7 Å². The summed E-state index contributed by atoms with van der Waals surface area (Å²) < 4.78 is 0. The lowest BCUT2D eigenvalue weighted by Gasteiger charge is -2.25. The van der Waals surface area contributed by atoms with Crippen molar-refractivity contribution in [2.75, 3.05) is 19.7 Å². The molecule has 1 unspecified atom stereocenters. The van der Waals surface area contributed by atoms with Gasteiger partial charge in [-0.3, -0.25) is 9.59 Å². The van der Waals surface area contributed by atoms with Crippen molar-refractivity contribution < 1.29 is 24.6 Å². The number of aliphatic hydroxyl groups is 2. The maximum absolute atomic E-state index is 11.3. The Kier molecular flexibility index (Phi) is 10.9. The Balaban J connectivity index is 3.87. The molecular formula is C12H22N3O5-. The normalized spacial score (nSPS) is 13.8. The van der Waals surface area contributed by atoms with E-state index < -0.39 is 43.3 Å². The predicted molar refractivity (Wildman–Crippen MR) is 71.8 cm³/mol. The summed E-state index contributed by atoms with van der Waals surface area (Å²) in [5.41, 5.74) is 11.5. The Morgan fingerprint density at radius 2 is 2.00 bits per heavy atom. The van der Waals surface area contributed by atoms with Crippen LogP contribution in [0.15, 0.2) is 0 Å². The Labute approximate surface area is 117 Å². The Morgan fingerprint density at radius 3 is 2.55 bits per heavy atom. The topological polar surface area (TPSA) is 144 Å². The molecule has 0 fully saturated rings. The van der Waals surface area contributed by atoms with Gasteiger partial charge in [0.2, 0.25) is 0 Å². The van der Waals surface area contributed by atoms with Crippen LogP contribution in [0.25, 0.3) is 5.43 Å². The summed E-state index contributed by atoms with van der Waals surface area (Å²) in [6, 6.07) is -0.507. The number of Topliss-reactive ketones (excluding diaryl/α,β-unsaturated/α-hetero) is 2. The van der Waals surface area contributed by atoms with Crippen LogP contribution in [-0.4, -0.2) is 59.9 Å². The number of ketones is 2. The van der Waals surface area contributed by atoms with Crippen LogP contribution >= 0.6 is 0 Å². The van der Waals surface area contributed by atoms with Crippen molar-refractivity contribution in [2.45, 2.75) is 37.8 Å². The van der Waals surface area contributed by atoms with Crippen molar-refractivity contribution in [1.82, 2.24) is 5.43 Å². The molecule has 0 radical (unpaired) electrons. The quantitative estimate of drug-likeness (QED) is 0.139. The fourth-order valence-corrected chi connectivity index (χ4v) is 1.39. The Hall–Kier alpha value is -1.19. The number of nitrogens with two attached hydrogens (primary N) is 1. The first-order valence-corrected chi connectivity index (χ1v) is 6.47. The van der Waals surface area contributed by atoms with Gasteiger partial charge in [0.15, 0.2) is 11.6 Å². The van der Waals surface area contributed by atoms with Crippen molar-refractivity contribution >= 4 is 17.9 Å². The number of carbonyl (C=O) groups is 3. The standard InChI is InChI=1S/C12H23N3O5/c13-4-2-1-3-9(7-16)15-14-6-12(20)11(19)5-10(18)8-17/h7,9-10,17-18H,1-6,8,13H2,(H2,14,15,19,20)/p-1/t9-,10?/m1/s1. The van der Waals surface area contributed by atoms with E-state index in [-0.39, 0.29) is 0 Å². The maximum Gasteiger partial charge on any atom is 0.199 e. The number of unbranched alkanes of at least 4 members (excludes halogenated alkanes) is 1. The van der Waals surface area contributed by atoms with E-state index in [0.717, 1.165) is 12.8 Å². The second-order valence-corrected chi connectivity index (χ2v) is 4.36. The van der Waals surface area contributed by atoms with Crippen LogP contribution in [0.2, 0.25) is 0 Å². The van der Waals surface area contributed by atoms with Gasteiger partial charge in [0.25, 0.3) is 0 Å². The molecule has 8 nitrogen and oxygen atoms in total. The van der Waals surface area contributed by atoms with E-state index in [1.54, 1.807) is 0 Å². The predicted octanol–water partition coefficient (Wildman–Crippen LogP) is -1.56. The van der Waals surface area contributed by atoms with Crippen LogP contribution in [-0.2, 0) is 14.4 Å². The largest absolute Gasteiger partial charge is 0.590 e. The summed E-state index contributed by atoms with van der Waals surface area (Å²) in [5, 5.41) is 17.6. The first-order valence-electron chi connectivity index (χ1n) is 6.47. The number of nitrogens with one attached hydrogen (secondary N) is 1. The van der Waals surface area contributed by atoms with E-state index in [0.29, 0.717) is 19.3 Å². The zero-order valence-electron chi connectivity index (χ0n) is 11.3. The first-order chi connectivity index (χ1) is 9.54. The number of hydrogen-bond donors (Lipinski definition) is 4. The van der Waals surface area contributed by atoms with Gasteiger partial charge in [-0.05, 0) is 19.4 Å². The van der Waals surface area contributed by atoms with E-state index in [1.807, 2.05) is 0 Å². The number of nitrogens with zero attached hydrogens (tertiary/aromatic N) is 1. The molecule has 8 heteroatoms. The third-order valence-corrected chi connectivity index (χ3v) is 2.56. The van der Waals surface area contributed by atoms with Crippen molar-refractivity contribution in [2.24, 2.45) is 5.73 Å². The molecule has 5 N–H and O–H groups in total. The molecule has 0 rings (SSSR count). The van der Waals surface area contributed by atoms with Crippen molar-refractivity contribution in [3.63, 3.8) is 0 Å². The van der Waals surface area contributed by atoms with Gasteiger partial charge in [0.1, 0.15) is 6.29 Å². The van der Waals surface area contributed by atoms with Gasteiger partial charge in [-0.1, -0.05) is 13.0 Å². The molecule has 0 aliphatic heterocycles. The first kappa shape index (κ1) is 18.8. The maximum atomic E-state index is 11.3. The Bertz CT molecular complexity index is 311. The number of rotatable bonds is 13. The number of hydrogen-bond acceptors (Lipinski definition) is 7. The van der Waals surface area contributed by atoms with Gasteiger partial charge in [0, 0.05) is 12.5 Å². The van der Waals surface area contributed by atoms with Crippen LogP contribution < -0.4 is 11.2 Å². The molecule has 0 spiro atoms. The highest BCUT2D eigenvalue weighted by Crippen LogP contribution is 2.00. The molecule has 0 bridgehead atoms. The summed E-state index contributed by atoms with van der Waals surface area (Å²) in [6.45, 7) is -0.441. The summed E-state index contributed by atoms with van der Waals surface area (Å²) in [6.07, 6.45) is 1.12. The zero-order valence-corrected chi connectivity index (χ0v) is 11.3. The van der Waals surface area contributed by atoms with Crippen LogP contribution in [0.3, 0.4) is 0 Å². The summed E-state index contributed by atoms with van der Waals surface area (Å²) in [7, 11) is 0. The second-order valence-electron chi connectivity index (χ2n) is 4.36. The van der Waals surface area contributed by atoms with Gasteiger partial charge in [-0.2, -0.15) is 0 Å². The minimum atomic E-state index is -1.24. The molecule has 0 aliphatic carbocycles. The van der Waals surface area contributed by atoms with Crippen LogP contribution in [0.5, 0.6) is 0 Å². The fraction of sp³-hybridized carbons (Fsp3) is 0.750. The van der Waals surface area contributed by atoms with Gasteiger partial charge >= 0.3 is 0 Å². The van der Waals surface area contributed by atoms with Gasteiger partial charge in [-0.25, -0.2) is 0 Å². The fourth-order valence-electron chi connectivity index (χ4n) is 1.39. The minimum Gasteiger partial charge on any atom is -0.590 e. The van der Waals surface area contributed by atoms with Gasteiger partial charge < -0.3 is 31.6 Å². The SMILES string of the molecule is NCCCC[C@H](C=O)N[N-]CC(=O)C(=O)CC(O)CO. The monoisotopic (exact) mass is 288 g/mol. The second kappa shape index (κ2) is 11.6. The smallest absolute Gasteiger partial charge is 0.199 e. The Morgan fingerprint density at radius 1 is 1.30 bits per heavy atom. The van der Waals surface area contributed by atoms with E-state index in [1.165, 1.54) is 0 Å².